The van der Waals surface area contributed by atoms with Gasteiger partial charge in [-0.1, -0.05) is 30.3 Å². The van der Waals surface area contributed by atoms with Crippen LogP contribution in [0.1, 0.15) is 11.8 Å². The molecule has 0 N–H and O–H groups in total. The van der Waals surface area contributed by atoms with Crippen LogP contribution in [0, 0.1) is 0 Å². The molecule has 3 nitrogen and oxygen atoms in total. The van der Waals surface area contributed by atoms with Crippen LogP contribution in [0.25, 0.3) is 0 Å². The first-order valence-electron chi connectivity index (χ1n) is 5.83. The summed E-state index contributed by atoms with van der Waals surface area (Å²) in [5.41, 5.74) is 0.649. The molecule has 0 amide bonds. The van der Waals surface area contributed by atoms with Crippen molar-refractivity contribution in [1.29, 1.82) is 0 Å². The molecule has 0 aliphatic carbocycles. The van der Waals surface area contributed by atoms with Crippen LogP contribution >= 0.6 is 8.58 Å². The third-order valence-corrected chi connectivity index (χ3v) is 3.80. The minimum atomic E-state index is 0. The maximum absolute atomic E-state index is 12.3. The zero-order valence-electron chi connectivity index (χ0n) is 12.8. The van der Waals surface area contributed by atoms with Gasteiger partial charge in [-0.25, -0.2) is 0 Å². The third-order valence-electron chi connectivity index (χ3n) is 2.68. The van der Waals surface area contributed by atoms with Gasteiger partial charge in [0.25, 0.3) is 0 Å². The summed E-state index contributed by atoms with van der Waals surface area (Å²) in [4.78, 5) is 12.3. The summed E-state index contributed by atoms with van der Waals surface area (Å²) < 4.78 is 10.4. The molecule has 0 aromatic heterocycles. The second kappa shape index (κ2) is 8.12. The maximum Gasteiger partial charge on any atom is 1.00 e. The van der Waals surface area contributed by atoms with Gasteiger partial charge in [-0.15, -0.1) is 0 Å². The molecule has 0 fully saturated rings. The number of carbonyl (C=O) groups is 1. The van der Waals surface area contributed by atoms with Crippen molar-refractivity contribution < 1.29 is 34.6 Å². The van der Waals surface area contributed by atoms with Gasteiger partial charge in [0.2, 0.25) is 0 Å². The zero-order valence-corrected chi connectivity index (χ0v) is 12.8. The molecule has 2 aromatic carbocycles. The number of hydrogen-bond donors (Lipinski definition) is 0. The summed E-state index contributed by atoms with van der Waals surface area (Å²) in [6, 6.07) is 14.9. The topological polar surface area (TPSA) is 35.5 Å². The second-order valence-electron chi connectivity index (χ2n) is 3.89. The minimum Gasteiger partial charge on any atom is -1.00 e. The first-order chi connectivity index (χ1) is 9.24. The number of benzene rings is 2. The molecule has 0 saturated heterocycles. The van der Waals surface area contributed by atoms with E-state index in [1.54, 1.807) is 32.4 Å². The van der Waals surface area contributed by atoms with Crippen molar-refractivity contribution in [3.8, 4) is 11.5 Å². The number of ether oxygens (including phenoxy) is 2. The van der Waals surface area contributed by atoms with Crippen LogP contribution in [0.2, 0.25) is 0 Å². The smallest absolute Gasteiger partial charge is 1.00 e. The van der Waals surface area contributed by atoms with Crippen molar-refractivity contribution in [2.75, 3.05) is 14.2 Å². The van der Waals surface area contributed by atoms with Gasteiger partial charge in [0.15, 0.2) is 5.52 Å². The predicted molar refractivity (Wildman–Crippen MR) is 79.4 cm³/mol. The van der Waals surface area contributed by atoms with E-state index in [1.807, 2.05) is 30.3 Å². The van der Waals surface area contributed by atoms with Gasteiger partial charge in [-0.3, -0.25) is 4.79 Å². The van der Waals surface area contributed by atoms with Crippen LogP contribution in [-0.4, -0.2) is 19.7 Å². The largest absolute Gasteiger partial charge is 1.00 e. The molecule has 2 aromatic rings. The van der Waals surface area contributed by atoms with E-state index < -0.39 is 0 Å². The van der Waals surface area contributed by atoms with Gasteiger partial charge >= 0.3 is 18.9 Å². The number of rotatable bonds is 5. The normalized spacial score (nSPS) is 10.1. The van der Waals surface area contributed by atoms with Crippen molar-refractivity contribution in [3.63, 3.8) is 0 Å². The van der Waals surface area contributed by atoms with E-state index in [1.165, 1.54) is 0 Å². The fraction of sp³-hybridized carbons (Fsp3) is 0.133. The van der Waals surface area contributed by atoms with Gasteiger partial charge < -0.3 is 10.9 Å². The standard InChI is InChI=1S/C15H15O3P.Li.H/c1-17-11-8-9-13(14(10-11)18-2)15(16)19-12-6-4-3-5-7-12;;/h3-10,19H,1-2H3;;/q;+1;-1. The van der Waals surface area contributed by atoms with Crippen molar-refractivity contribution >= 4 is 19.4 Å². The maximum atomic E-state index is 12.3. The van der Waals surface area contributed by atoms with Crippen molar-refractivity contribution in [3.05, 3.63) is 54.1 Å². The van der Waals surface area contributed by atoms with E-state index in [2.05, 4.69) is 0 Å². The molecule has 0 spiro atoms. The van der Waals surface area contributed by atoms with E-state index in [0.717, 1.165) is 5.30 Å². The quantitative estimate of drug-likeness (QED) is 0.570. The van der Waals surface area contributed by atoms with E-state index in [4.69, 9.17) is 9.47 Å². The molecular formula is C15H16LiO3P. The Balaban J connectivity index is 0.00000200. The Hall–Kier alpha value is -1.26. The predicted octanol–water partition coefficient (Wildman–Crippen LogP) is -0.0355. The van der Waals surface area contributed by atoms with Crippen LogP contribution in [0.15, 0.2) is 48.5 Å². The van der Waals surface area contributed by atoms with Gasteiger partial charge in [0.1, 0.15) is 11.5 Å². The summed E-state index contributed by atoms with van der Waals surface area (Å²) in [5.74, 6) is 1.23. The molecule has 2 rings (SSSR count). The van der Waals surface area contributed by atoms with Crippen LogP contribution in [-0.2, 0) is 0 Å². The summed E-state index contributed by atoms with van der Waals surface area (Å²) in [6.45, 7) is 0. The number of hydrogen-bond acceptors (Lipinski definition) is 3. The molecule has 0 heterocycles. The van der Waals surface area contributed by atoms with E-state index in [-0.39, 0.29) is 34.4 Å². The number of methoxy groups -OCH3 is 2. The van der Waals surface area contributed by atoms with Crippen LogP contribution in [0.4, 0.5) is 0 Å². The van der Waals surface area contributed by atoms with E-state index >= 15 is 0 Å². The molecule has 100 valence electrons. The van der Waals surface area contributed by atoms with Crippen LogP contribution in [0.5, 0.6) is 11.5 Å². The van der Waals surface area contributed by atoms with Crippen molar-refractivity contribution in [1.82, 2.24) is 0 Å². The molecule has 0 saturated carbocycles. The summed E-state index contributed by atoms with van der Waals surface area (Å²) in [7, 11) is 3.23. The Morgan fingerprint density at radius 3 is 2.35 bits per heavy atom. The molecule has 1 unspecified atom stereocenters. The zero-order chi connectivity index (χ0) is 13.7. The molecule has 0 aliphatic rings. The second-order valence-corrected chi connectivity index (χ2v) is 5.17. The third kappa shape index (κ3) is 4.12. The van der Waals surface area contributed by atoms with Crippen molar-refractivity contribution in [2.45, 2.75) is 0 Å². The molecule has 5 heteroatoms. The Kier molecular flexibility index (Phi) is 6.82. The molecular weight excluding hydrogens is 266 g/mol. The Bertz CT molecular complexity index is 578. The Labute approximate surface area is 134 Å². The Morgan fingerprint density at radius 2 is 1.75 bits per heavy atom. The molecule has 20 heavy (non-hydrogen) atoms. The first-order valence-corrected chi connectivity index (χ1v) is 6.83. The average molecular weight is 282 g/mol. The molecule has 1 atom stereocenters. The fourth-order valence-electron chi connectivity index (χ4n) is 1.71. The summed E-state index contributed by atoms with van der Waals surface area (Å²) in [6.07, 6.45) is 0. The van der Waals surface area contributed by atoms with Gasteiger partial charge in [0, 0.05) is 6.07 Å². The monoisotopic (exact) mass is 282 g/mol. The van der Waals surface area contributed by atoms with Crippen molar-refractivity contribution in [2.24, 2.45) is 0 Å². The van der Waals surface area contributed by atoms with Gasteiger partial charge in [-0.2, -0.15) is 0 Å². The summed E-state index contributed by atoms with van der Waals surface area (Å²) >= 11 is 0. The minimum absolute atomic E-state index is 0. The average Bonchev–Trinajstić information content (AvgIpc) is 2.47. The molecule has 0 aliphatic heterocycles. The Morgan fingerprint density at radius 1 is 1.05 bits per heavy atom. The molecule has 0 radical (unpaired) electrons. The number of carbonyl (C=O) groups excluding carboxylic acids is 1. The van der Waals surface area contributed by atoms with Crippen LogP contribution in [0.3, 0.4) is 0 Å². The first kappa shape index (κ1) is 16.8. The fourth-order valence-corrected chi connectivity index (χ4v) is 2.67. The van der Waals surface area contributed by atoms with E-state index in [0.29, 0.717) is 17.1 Å². The van der Waals surface area contributed by atoms with E-state index in [9.17, 15) is 4.79 Å². The summed E-state index contributed by atoms with van der Waals surface area (Å²) in [5, 5.41) is 1.02. The SMILES string of the molecule is COc1ccc(C(=O)Pc2ccccc2)c(OC)c1.[H-].[Li+]. The van der Waals surface area contributed by atoms with Crippen LogP contribution < -0.4 is 33.6 Å². The van der Waals surface area contributed by atoms with Gasteiger partial charge in [-0.05, 0) is 26.0 Å². The molecule has 0 bridgehead atoms. The van der Waals surface area contributed by atoms with Gasteiger partial charge in [0.05, 0.1) is 19.8 Å².